The lowest BCUT2D eigenvalue weighted by Crippen LogP contribution is -2.51. The number of carbonyl (C=O) groups excluding carboxylic acids is 2. The number of primary amides is 1. The molecule has 1 unspecified atom stereocenters. The van der Waals surface area contributed by atoms with Gasteiger partial charge in [0.15, 0.2) is 0 Å². The molecule has 0 bridgehead atoms. The van der Waals surface area contributed by atoms with Gasteiger partial charge in [0, 0.05) is 12.6 Å². The van der Waals surface area contributed by atoms with Gasteiger partial charge in [-0.05, 0) is 12.1 Å². The Kier molecular flexibility index (Phi) is 5.05. The van der Waals surface area contributed by atoms with E-state index in [-0.39, 0.29) is 6.61 Å². The van der Waals surface area contributed by atoms with Gasteiger partial charge in [-0.15, -0.1) is 0 Å². The topological polar surface area (TPSA) is 93.9 Å². The number of amides is 2. The van der Waals surface area contributed by atoms with Crippen molar-refractivity contribution in [2.45, 2.75) is 12.2 Å². The van der Waals surface area contributed by atoms with Crippen LogP contribution in [0, 0.1) is 0 Å². The Morgan fingerprint density at radius 2 is 2.17 bits per heavy atom. The molecular formula is C14H16F3N3O4. The summed E-state index contributed by atoms with van der Waals surface area (Å²) in [4.78, 5) is 22.7. The van der Waals surface area contributed by atoms with Gasteiger partial charge in [0.1, 0.15) is 18.1 Å². The summed E-state index contributed by atoms with van der Waals surface area (Å²) in [6.45, 7) is -1.20. The number of hydrogen-bond acceptors (Lipinski definition) is 5. The zero-order valence-electron chi connectivity index (χ0n) is 12.7. The monoisotopic (exact) mass is 347 g/mol. The number of methoxy groups -OCH3 is 1. The van der Waals surface area contributed by atoms with Gasteiger partial charge in [-0.1, -0.05) is 0 Å². The summed E-state index contributed by atoms with van der Waals surface area (Å²) in [6, 6.07) is 4.30. The molecule has 24 heavy (non-hydrogen) atoms. The van der Waals surface area contributed by atoms with Gasteiger partial charge < -0.3 is 25.4 Å². The van der Waals surface area contributed by atoms with Gasteiger partial charge in [0.2, 0.25) is 5.91 Å². The lowest BCUT2D eigenvalue weighted by atomic mass is 10.2. The molecular weight excluding hydrogens is 331 g/mol. The first-order valence-electron chi connectivity index (χ1n) is 6.92. The van der Waals surface area contributed by atoms with E-state index in [1.807, 2.05) is 0 Å². The summed E-state index contributed by atoms with van der Waals surface area (Å²) in [5, 5.41) is 2.96. The zero-order chi connectivity index (χ0) is 17.9. The number of alkyl halides is 3. The maximum atomic E-state index is 12.6. The number of carbonyl (C=O) groups is 2. The van der Waals surface area contributed by atoms with E-state index in [1.165, 1.54) is 7.11 Å². The number of rotatable bonds is 5. The molecule has 10 heteroatoms. The smallest absolute Gasteiger partial charge is 0.471 e. The van der Waals surface area contributed by atoms with E-state index in [0.29, 0.717) is 22.1 Å². The predicted octanol–water partition coefficient (Wildman–Crippen LogP) is 0.744. The minimum absolute atomic E-state index is 0.0275. The van der Waals surface area contributed by atoms with Crippen molar-refractivity contribution in [3.63, 3.8) is 0 Å². The third kappa shape index (κ3) is 4.21. The molecule has 0 fully saturated rings. The third-order valence-electron chi connectivity index (χ3n) is 3.30. The Labute approximate surface area is 135 Å². The minimum Gasteiger partial charge on any atom is -0.497 e. The molecule has 2 rings (SSSR count). The second kappa shape index (κ2) is 6.85. The molecule has 1 heterocycles. The fourth-order valence-corrected chi connectivity index (χ4v) is 2.28. The lowest BCUT2D eigenvalue weighted by molar-refractivity contribution is -0.186. The molecule has 1 aromatic carbocycles. The number of anilines is 1. The van der Waals surface area contributed by atoms with Crippen molar-refractivity contribution in [3.8, 4) is 11.5 Å². The molecule has 7 nitrogen and oxygen atoms in total. The van der Waals surface area contributed by atoms with E-state index in [1.54, 1.807) is 18.2 Å². The van der Waals surface area contributed by atoms with Crippen LogP contribution in [-0.2, 0) is 9.59 Å². The summed E-state index contributed by atoms with van der Waals surface area (Å²) in [5.74, 6) is -2.12. The Morgan fingerprint density at radius 3 is 2.75 bits per heavy atom. The fraction of sp³-hybridized carbons (Fsp3) is 0.429. The maximum absolute atomic E-state index is 12.6. The standard InChI is InChI=1S/C14H16F3N3O4/c1-23-9-2-3-11-10(4-9)19-8(7-24-11)5-20(6-12(18)21)13(22)14(15,16)17/h2-4,8,19H,5-7H2,1H3,(H2,18,21). The van der Waals surface area contributed by atoms with Crippen LogP contribution in [0.15, 0.2) is 18.2 Å². The molecule has 2 amide bonds. The zero-order valence-corrected chi connectivity index (χ0v) is 12.7. The summed E-state index contributed by atoms with van der Waals surface area (Å²) < 4.78 is 48.4. The number of nitrogens with zero attached hydrogens (tertiary/aromatic N) is 1. The molecule has 0 aliphatic carbocycles. The Morgan fingerprint density at radius 1 is 1.46 bits per heavy atom. The molecule has 1 aliphatic heterocycles. The molecule has 132 valence electrons. The van der Waals surface area contributed by atoms with Crippen molar-refractivity contribution < 1.29 is 32.2 Å². The van der Waals surface area contributed by atoms with Crippen LogP contribution in [0.2, 0.25) is 0 Å². The van der Waals surface area contributed by atoms with Gasteiger partial charge >= 0.3 is 12.1 Å². The van der Waals surface area contributed by atoms with Gasteiger partial charge in [-0.3, -0.25) is 9.59 Å². The van der Waals surface area contributed by atoms with Crippen molar-refractivity contribution in [2.24, 2.45) is 5.73 Å². The minimum atomic E-state index is -5.09. The molecule has 1 aliphatic rings. The molecule has 0 aromatic heterocycles. The van der Waals surface area contributed by atoms with Crippen LogP contribution >= 0.6 is 0 Å². The summed E-state index contributed by atoms with van der Waals surface area (Å²) in [7, 11) is 1.47. The molecule has 0 saturated heterocycles. The number of nitrogens with two attached hydrogens (primary N) is 1. The first kappa shape index (κ1) is 17.7. The Bertz CT molecular complexity index is 636. The van der Waals surface area contributed by atoms with E-state index in [9.17, 15) is 22.8 Å². The molecule has 3 N–H and O–H groups in total. The number of halogens is 3. The van der Waals surface area contributed by atoms with E-state index in [2.05, 4.69) is 5.32 Å². The first-order chi connectivity index (χ1) is 11.2. The van der Waals surface area contributed by atoms with Crippen molar-refractivity contribution in [2.75, 3.05) is 32.1 Å². The van der Waals surface area contributed by atoms with Crippen LogP contribution in [0.3, 0.4) is 0 Å². The molecule has 0 saturated carbocycles. The van der Waals surface area contributed by atoms with Gasteiger partial charge in [-0.25, -0.2) is 0 Å². The van der Waals surface area contributed by atoms with Crippen LogP contribution in [0.5, 0.6) is 11.5 Å². The second-order valence-electron chi connectivity index (χ2n) is 5.16. The molecule has 0 spiro atoms. The van der Waals surface area contributed by atoms with E-state index in [0.717, 1.165) is 0 Å². The number of hydrogen-bond donors (Lipinski definition) is 2. The van der Waals surface area contributed by atoms with Crippen molar-refractivity contribution in [3.05, 3.63) is 18.2 Å². The van der Waals surface area contributed by atoms with E-state index in [4.69, 9.17) is 15.2 Å². The van der Waals surface area contributed by atoms with Gasteiger partial charge in [0.05, 0.1) is 25.4 Å². The number of fused-ring (bicyclic) bond motifs is 1. The number of ether oxygens (including phenoxy) is 2. The highest BCUT2D eigenvalue weighted by Crippen LogP contribution is 2.32. The Balaban J connectivity index is 2.12. The highest BCUT2D eigenvalue weighted by Gasteiger charge is 2.43. The average molecular weight is 347 g/mol. The summed E-state index contributed by atoms with van der Waals surface area (Å²) >= 11 is 0. The highest BCUT2D eigenvalue weighted by molar-refractivity contribution is 5.87. The largest absolute Gasteiger partial charge is 0.497 e. The van der Waals surface area contributed by atoms with Crippen molar-refractivity contribution >= 4 is 17.5 Å². The van der Waals surface area contributed by atoms with Crippen LogP contribution in [0.1, 0.15) is 0 Å². The summed E-state index contributed by atoms with van der Waals surface area (Å²) in [5.41, 5.74) is 5.44. The average Bonchev–Trinajstić information content (AvgIpc) is 2.51. The Hall–Kier alpha value is -2.65. The van der Waals surface area contributed by atoms with Gasteiger partial charge in [0.25, 0.3) is 0 Å². The van der Waals surface area contributed by atoms with Crippen LogP contribution < -0.4 is 20.5 Å². The third-order valence-corrected chi connectivity index (χ3v) is 3.30. The van der Waals surface area contributed by atoms with E-state index >= 15 is 0 Å². The van der Waals surface area contributed by atoms with Crippen LogP contribution in [-0.4, -0.2) is 55.7 Å². The predicted molar refractivity (Wildman–Crippen MR) is 77.7 cm³/mol. The highest BCUT2D eigenvalue weighted by atomic mass is 19.4. The number of benzene rings is 1. The first-order valence-corrected chi connectivity index (χ1v) is 6.92. The number of nitrogens with one attached hydrogen (secondary N) is 1. The summed E-state index contributed by atoms with van der Waals surface area (Å²) in [6.07, 6.45) is -5.09. The fourth-order valence-electron chi connectivity index (χ4n) is 2.28. The SMILES string of the molecule is COc1ccc2c(c1)NC(CN(CC(N)=O)C(=O)C(F)(F)F)CO2. The molecule has 0 radical (unpaired) electrons. The van der Waals surface area contributed by atoms with Gasteiger partial charge in [-0.2, -0.15) is 13.2 Å². The molecule has 1 aromatic rings. The van der Waals surface area contributed by atoms with E-state index < -0.39 is 37.1 Å². The molecule has 1 atom stereocenters. The second-order valence-corrected chi connectivity index (χ2v) is 5.16. The lowest BCUT2D eigenvalue weighted by Gasteiger charge is -2.32. The quantitative estimate of drug-likeness (QED) is 0.820. The van der Waals surface area contributed by atoms with Crippen molar-refractivity contribution in [1.29, 1.82) is 0 Å². The normalized spacial score (nSPS) is 16.4. The van der Waals surface area contributed by atoms with Crippen LogP contribution in [0.4, 0.5) is 18.9 Å². The maximum Gasteiger partial charge on any atom is 0.471 e. The van der Waals surface area contributed by atoms with Crippen molar-refractivity contribution in [1.82, 2.24) is 4.90 Å². The van der Waals surface area contributed by atoms with Crippen LogP contribution in [0.25, 0.3) is 0 Å².